The fraction of sp³-hybridized carbons (Fsp3) is 0.500. The number of ether oxygens (including phenoxy) is 1. The van der Waals surface area contributed by atoms with Gasteiger partial charge in [0.25, 0.3) is 5.91 Å². The number of hydrogen-bond acceptors (Lipinski definition) is 5. The van der Waals surface area contributed by atoms with E-state index in [-0.39, 0.29) is 29.6 Å². The Morgan fingerprint density at radius 3 is 2.66 bits per heavy atom. The van der Waals surface area contributed by atoms with Gasteiger partial charge in [0.2, 0.25) is 5.91 Å². The molecule has 1 atom stereocenters. The number of rotatable bonds is 3. The largest absolute Gasteiger partial charge is 0.444 e. The number of nitrogens with zero attached hydrogens (tertiary/aromatic N) is 4. The van der Waals surface area contributed by atoms with Crippen molar-refractivity contribution in [1.82, 2.24) is 19.4 Å². The Kier molecular flexibility index (Phi) is 7.15. The minimum atomic E-state index is -0.576. The third-order valence-corrected chi connectivity index (χ3v) is 7.46. The Morgan fingerprint density at radius 2 is 1.94 bits per heavy atom. The Bertz CT molecular complexity index is 1180. The van der Waals surface area contributed by atoms with Crippen LogP contribution in [-0.4, -0.2) is 62.5 Å². The van der Waals surface area contributed by atoms with Gasteiger partial charge in [-0.25, -0.2) is 9.78 Å². The molecule has 1 aromatic heterocycles. The normalized spacial score (nSPS) is 17.8. The maximum Gasteiger partial charge on any atom is 0.410 e. The number of carbonyl (C=O) groups is 3. The summed E-state index contributed by atoms with van der Waals surface area (Å²) in [6.07, 6.45) is 0.808. The monoisotopic (exact) mass is 565 g/mol. The molecular formula is C24H29BrClN5O4. The first kappa shape index (κ1) is 25.5. The van der Waals surface area contributed by atoms with Gasteiger partial charge in [-0.15, -0.1) is 0 Å². The van der Waals surface area contributed by atoms with Gasteiger partial charge in [-0.3, -0.25) is 9.59 Å². The molecule has 4 rings (SSSR count). The van der Waals surface area contributed by atoms with E-state index in [9.17, 15) is 14.4 Å². The molecule has 1 N–H and O–H groups in total. The van der Waals surface area contributed by atoms with Gasteiger partial charge in [-0.1, -0.05) is 17.7 Å². The average Bonchev–Trinajstić information content (AvgIpc) is 3.40. The molecule has 2 aromatic rings. The first-order chi connectivity index (χ1) is 16.4. The van der Waals surface area contributed by atoms with Crippen molar-refractivity contribution in [3.63, 3.8) is 0 Å². The Hall–Kier alpha value is -2.59. The predicted octanol–water partition coefficient (Wildman–Crippen LogP) is 4.23. The molecule has 0 bridgehead atoms. The van der Waals surface area contributed by atoms with E-state index in [2.05, 4.69) is 26.2 Å². The molecule has 0 radical (unpaired) electrons. The van der Waals surface area contributed by atoms with Crippen LogP contribution in [0.5, 0.6) is 0 Å². The lowest BCUT2D eigenvalue weighted by molar-refractivity contribution is -0.136. The molecule has 1 fully saturated rings. The predicted molar refractivity (Wildman–Crippen MR) is 135 cm³/mol. The number of anilines is 1. The SMILES string of the molecule is Cn1c(C(=O)Nc2cccc(Br)c2Cl)nc2c1CCN(C(=O)[C@H]1CCN(C(=O)OC(C)(C)C)C1)C2. The van der Waals surface area contributed by atoms with Crippen molar-refractivity contribution >= 4 is 51.1 Å². The van der Waals surface area contributed by atoms with Gasteiger partial charge in [0, 0.05) is 43.3 Å². The molecule has 11 heteroatoms. The van der Waals surface area contributed by atoms with Crippen LogP contribution < -0.4 is 5.32 Å². The Balaban J connectivity index is 1.42. The molecule has 1 aromatic carbocycles. The maximum absolute atomic E-state index is 13.2. The molecular weight excluding hydrogens is 538 g/mol. The molecule has 3 heterocycles. The summed E-state index contributed by atoms with van der Waals surface area (Å²) in [4.78, 5) is 46.4. The van der Waals surface area contributed by atoms with E-state index < -0.39 is 5.60 Å². The first-order valence-electron chi connectivity index (χ1n) is 11.5. The van der Waals surface area contributed by atoms with Crippen molar-refractivity contribution in [2.45, 2.75) is 45.8 Å². The Labute approximate surface area is 217 Å². The van der Waals surface area contributed by atoms with Gasteiger partial charge in [0.15, 0.2) is 5.82 Å². The molecule has 2 aliphatic rings. The van der Waals surface area contributed by atoms with E-state index in [0.717, 1.165) is 5.69 Å². The van der Waals surface area contributed by atoms with Crippen molar-refractivity contribution < 1.29 is 19.1 Å². The molecule has 1 saturated heterocycles. The number of nitrogens with one attached hydrogen (secondary N) is 1. The van der Waals surface area contributed by atoms with Gasteiger partial charge in [-0.2, -0.15) is 0 Å². The number of carbonyl (C=O) groups excluding carboxylic acids is 3. The molecule has 0 spiro atoms. The highest BCUT2D eigenvalue weighted by molar-refractivity contribution is 9.10. The van der Waals surface area contributed by atoms with Crippen molar-refractivity contribution in [3.05, 3.63) is 44.9 Å². The van der Waals surface area contributed by atoms with E-state index in [1.54, 1.807) is 39.6 Å². The molecule has 0 aliphatic carbocycles. The van der Waals surface area contributed by atoms with E-state index in [1.807, 2.05) is 20.8 Å². The van der Waals surface area contributed by atoms with Crippen molar-refractivity contribution in [1.29, 1.82) is 0 Å². The number of fused-ring (bicyclic) bond motifs is 1. The van der Waals surface area contributed by atoms with E-state index in [1.165, 1.54) is 0 Å². The highest BCUT2D eigenvalue weighted by Gasteiger charge is 2.37. The zero-order valence-electron chi connectivity index (χ0n) is 20.2. The van der Waals surface area contributed by atoms with E-state index in [0.29, 0.717) is 59.9 Å². The molecule has 188 valence electrons. The second-order valence-corrected chi connectivity index (χ2v) is 11.1. The standard InChI is InChI=1S/C24H29BrClN5O4/c1-24(2,3)35-23(34)31-10-8-14(12-31)22(33)30-11-9-18-17(13-30)27-20(29(18)4)21(32)28-16-7-5-6-15(25)19(16)26/h5-7,14H,8-13H2,1-4H3,(H,28,32)/t14-/m0/s1. The summed E-state index contributed by atoms with van der Waals surface area (Å²) in [6.45, 7) is 7.18. The zero-order chi connectivity index (χ0) is 25.5. The van der Waals surface area contributed by atoms with Crippen LogP contribution in [0.4, 0.5) is 10.5 Å². The van der Waals surface area contributed by atoms with Crippen LogP contribution in [-0.2, 0) is 29.5 Å². The van der Waals surface area contributed by atoms with Gasteiger partial charge in [0.1, 0.15) is 5.60 Å². The first-order valence-corrected chi connectivity index (χ1v) is 12.7. The summed E-state index contributed by atoms with van der Waals surface area (Å²) >= 11 is 9.63. The van der Waals surface area contributed by atoms with Crippen LogP contribution >= 0.6 is 27.5 Å². The minimum absolute atomic E-state index is 0.000666. The van der Waals surface area contributed by atoms with E-state index in [4.69, 9.17) is 16.3 Å². The van der Waals surface area contributed by atoms with E-state index >= 15 is 0 Å². The fourth-order valence-corrected chi connectivity index (χ4v) is 4.95. The zero-order valence-corrected chi connectivity index (χ0v) is 22.6. The topological polar surface area (TPSA) is 96.8 Å². The minimum Gasteiger partial charge on any atom is -0.444 e. The quantitative estimate of drug-likeness (QED) is 0.600. The fourth-order valence-electron chi connectivity index (χ4n) is 4.41. The smallest absolute Gasteiger partial charge is 0.410 e. The van der Waals surface area contributed by atoms with Crippen LogP contribution in [0.25, 0.3) is 0 Å². The van der Waals surface area contributed by atoms with Gasteiger partial charge in [0.05, 0.1) is 28.9 Å². The van der Waals surface area contributed by atoms with Gasteiger partial charge >= 0.3 is 6.09 Å². The number of amides is 3. The average molecular weight is 567 g/mol. The van der Waals surface area contributed by atoms with Gasteiger partial charge < -0.3 is 24.4 Å². The third-order valence-electron chi connectivity index (χ3n) is 6.16. The highest BCUT2D eigenvalue weighted by atomic mass is 79.9. The number of hydrogen-bond donors (Lipinski definition) is 1. The second-order valence-electron chi connectivity index (χ2n) is 9.87. The van der Waals surface area contributed by atoms with Gasteiger partial charge in [-0.05, 0) is 55.3 Å². The van der Waals surface area contributed by atoms with Crippen molar-refractivity contribution in [2.24, 2.45) is 13.0 Å². The molecule has 3 amide bonds. The number of halogens is 2. The number of benzene rings is 1. The molecule has 2 aliphatic heterocycles. The highest BCUT2D eigenvalue weighted by Crippen LogP contribution is 2.31. The summed E-state index contributed by atoms with van der Waals surface area (Å²) in [5.74, 6) is -0.380. The number of aromatic nitrogens is 2. The summed E-state index contributed by atoms with van der Waals surface area (Å²) < 4.78 is 7.90. The summed E-state index contributed by atoms with van der Waals surface area (Å²) in [6, 6.07) is 5.29. The van der Waals surface area contributed by atoms with Crippen molar-refractivity contribution in [3.8, 4) is 0 Å². The lowest BCUT2D eigenvalue weighted by Gasteiger charge is -2.29. The number of imidazole rings is 1. The van der Waals surface area contributed by atoms with Crippen LogP contribution in [0.1, 0.15) is 49.2 Å². The van der Waals surface area contributed by atoms with Crippen LogP contribution in [0.2, 0.25) is 5.02 Å². The maximum atomic E-state index is 13.2. The second kappa shape index (κ2) is 9.81. The van der Waals surface area contributed by atoms with Crippen LogP contribution in [0, 0.1) is 5.92 Å². The van der Waals surface area contributed by atoms with Crippen LogP contribution in [0.15, 0.2) is 22.7 Å². The lowest BCUT2D eigenvalue weighted by Crippen LogP contribution is -2.42. The molecule has 0 unspecified atom stereocenters. The summed E-state index contributed by atoms with van der Waals surface area (Å²) in [7, 11) is 1.80. The van der Waals surface area contributed by atoms with Crippen molar-refractivity contribution in [2.75, 3.05) is 25.0 Å². The van der Waals surface area contributed by atoms with Crippen LogP contribution in [0.3, 0.4) is 0 Å². The lowest BCUT2D eigenvalue weighted by atomic mass is 10.0. The Morgan fingerprint density at radius 1 is 1.20 bits per heavy atom. The third kappa shape index (κ3) is 5.48. The molecule has 35 heavy (non-hydrogen) atoms. The summed E-state index contributed by atoms with van der Waals surface area (Å²) in [5.41, 5.74) is 1.55. The molecule has 9 nitrogen and oxygen atoms in total. The summed E-state index contributed by atoms with van der Waals surface area (Å²) in [5, 5.41) is 3.22. The number of likely N-dealkylation sites (tertiary alicyclic amines) is 1. The molecule has 0 saturated carbocycles.